The quantitative estimate of drug-likeness (QED) is 0.870. The van der Waals surface area contributed by atoms with E-state index < -0.39 is 5.97 Å². The molecular weight excluding hydrogens is 236 g/mol. The lowest BCUT2D eigenvalue weighted by atomic mass is 9.87. The lowest BCUT2D eigenvalue weighted by molar-refractivity contribution is 0.0701. The van der Waals surface area contributed by atoms with Crippen LogP contribution < -0.4 is 5.32 Å². The monoisotopic (exact) mass is 254 g/mol. The first-order valence-electron chi connectivity index (χ1n) is 6.03. The molecule has 1 aliphatic rings. The van der Waals surface area contributed by atoms with Crippen LogP contribution in [-0.4, -0.2) is 22.1 Å². The van der Waals surface area contributed by atoms with Crippen LogP contribution in [0.3, 0.4) is 0 Å². The molecule has 1 saturated carbocycles. The fourth-order valence-corrected chi connectivity index (χ4v) is 3.12. The minimum absolute atomic E-state index is 0.344. The predicted molar refractivity (Wildman–Crippen MR) is 68.9 cm³/mol. The average Bonchev–Trinajstić information content (AvgIpc) is 2.63. The summed E-state index contributed by atoms with van der Waals surface area (Å²) in [5, 5.41) is 13.1. The van der Waals surface area contributed by atoms with Gasteiger partial charge in [0.25, 0.3) is 0 Å². The molecule has 1 aromatic rings. The third kappa shape index (κ3) is 2.97. The molecule has 4 nitrogen and oxygen atoms in total. The normalized spacial score (nSPS) is 24.6. The number of anilines is 1. The second kappa shape index (κ2) is 5.04. The van der Waals surface area contributed by atoms with Gasteiger partial charge in [0.2, 0.25) is 0 Å². The molecule has 0 unspecified atom stereocenters. The van der Waals surface area contributed by atoms with Gasteiger partial charge in [-0.1, -0.05) is 18.3 Å². The van der Waals surface area contributed by atoms with Crippen molar-refractivity contribution in [3.63, 3.8) is 0 Å². The summed E-state index contributed by atoms with van der Waals surface area (Å²) in [4.78, 5) is 15.5. The smallest absolute Gasteiger partial charge is 0.347 e. The van der Waals surface area contributed by atoms with E-state index in [4.69, 9.17) is 5.11 Å². The lowest BCUT2D eigenvalue weighted by Gasteiger charge is -2.26. The number of carboxylic acid groups (broad SMARTS) is 1. The second-order valence-electron chi connectivity index (χ2n) is 4.84. The van der Waals surface area contributed by atoms with E-state index in [0.29, 0.717) is 16.6 Å². The minimum Gasteiger partial charge on any atom is -0.477 e. The van der Waals surface area contributed by atoms with E-state index in [1.54, 1.807) is 6.92 Å². The molecule has 2 rings (SSSR count). The summed E-state index contributed by atoms with van der Waals surface area (Å²) >= 11 is 1.24. The third-order valence-electron chi connectivity index (χ3n) is 3.33. The molecule has 0 amide bonds. The number of nitrogens with one attached hydrogen (secondary N) is 1. The highest BCUT2D eigenvalue weighted by atomic mass is 32.1. The highest BCUT2D eigenvalue weighted by Gasteiger charge is 2.20. The zero-order chi connectivity index (χ0) is 12.4. The van der Waals surface area contributed by atoms with E-state index in [-0.39, 0.29) is 0 Å². The van der Waals surface area contributed by atoms with E-state index in [1.807, 2.05) is 0 Å². The molecule has 0 saturated heterocycles. The number of aromatic nitrogens is 1. The maximum Gasteiger partial charge on any atom is 0.347 e. The Morgan fingerprint density at radius 1 is 1.41 bits per heavy atom. The highest BCUT2D eigenvalue weighted by molar-refractivity contribution is 7.17. The minimum atomic E-state index is -0.884. The van der Waals surface area contributed by atoms with E-state index in [0.717, 1.165) is 23.9 Å². The van der Waals surface area contributed by atoms with Crippen LogP contribution >= 0.6 is 11.3 Å². The summed E-state index contributed by atoms with van der Waals surface area (Å²) in [6.07, 6.45) is 4.80. The molecule has 0 radical (unpaired) electrons. The summed E-state index contributed by atoms with van der Waals surface area (Å²) in [7, 11) is 0. The Morgan fingerprint density at radius 2 is 2.06 bits per heavy atom. The molecule has 0 aromatic carbocycles. The molecule has 1 aliphatic carbocycles. The average molecular weight is 254 g/mol. The number of hydrogen-bond donors (Lipinski definition) is 2. The van der Waals surface area contributed by atoms with Crippen LogP contribution in [0.2, 0.25) is 0 Å². The van der Waals surface area contributed by atoms with Gasteiger partial charge in [-0.2, -0.15) is 0 Å². The van der Waals surface area contributed by atoms with Crippen molar-refractivity contribution in [3.8, 4) is 0 Å². The number of aromatic carboxylic acids is 1. The molecule has 17 heavy (non-hydrogen) atoms. The largest absolute Gasteiger partial charge is 0.477 e. The number of hydrogen-bond acceptors (Lipinski definition) is 4. The summed E-state index contributed by atoms with van der Waals surface area (Å²) in [5.74, 6) is -0.0639. The van der Waals surface area contributed by atoms with E-state index in [9.17, 15) is 4.79 Å². The highest BCUT2D eigenvalue weighted by Crippen LogP contribution is 2.28. The molecule has 1 aromatic heterocycles. The zero-order valence-electron chi connectivity index (χ0n) is 10.2. The molecule has 94 valence electrons. The predicted octanol–water partition coefficient (Wildman–Crippen LogP) is 3.14. The maximum absolute atomic E-state index is 10.9. The van der Waals surface area contributed by atoms with Crippen LogP contribution in [0.1, 0.15) is 48.0 Å². The summed E-state index contributed by atoms with van der Waals surface area (Å²) < 4.78 is 0. The van der Waals surface area contributed by atoms with Gasteiger partial charge < -0.3 is 10.4 Å². The standard InChI is InChI=1S/C12H18N2O2S/c1-7-3-5-9(6-4-7)14-12-13-8(2)10(17-12)11(15)16/h7,9H,3-6H2,1-2H3,(H,13,14)(H,15,16). The number of aryl methyl sites for hydroxylation is 1. The van der Waals surface area contributed by atoms with Crippen molar-refractivity contribution in [2.45, 2.75) is 45.6 Å². The fraction of sp³-hybridized carbons (Fsp3) is 0.667. The first-order chi connectivity index (χ1) is 8.06. The van der Waals surface area contributed by atoms with Gasteiger partial charge in [-0.25, -0.2) is 9.78 Å². The number of thiazole rings is 1. The van der Waals surface area contributed by atoms with Crippen molar-refractivity contribution in [1.29, 1.82) is 0 Å². The van der Waals surface area contributed by atoms with Crippen LogP contribution in [0.4, 0.5) is 5.13 Å². The molecular formula is C12H18N2O2S. The van der Waals surface area contributed by atoms with E-state index >= 15 is 0 Å². The topological polar surface area (TPSA) is 62.2 Å². The van der Waals surface area contributed by atoms with Gasteiger partial charge in [-0.05, 0) is 38.5 Å². The van der Waals surface area contributed by atoms with Crippen LogP contribution in [-0.2, 0) is 0 Å². The first-order valence-corrected chi connectivity index (χ1v) is 6.85. The van der Waals surface area contributed by atoms with Crippen molar-refractivity contribution >= 4 is 22.4 Å². The second-order valence-corrected chi connectivity index (χ2v) is 5.84. The fourth-order valence-electron chi connectivity index (χ4n) is 2.24. The molecule has 1 fully saturated rings. The molecule has 0 atom stereocenters. The van der Waals surface area contributed by atoms with E-state index in [2.05, 4.69) is 17.2 Å². The Morgan fingerprint density at radius 3 is 2.59 bits per heavy atom. The van der Waals surface area contributed by atoms with E-state index in [1.165, 1.54) is 24.2 Å². The maximum atomic E-state index is 10.9. The molecule has 0 aliphatic heterocycles. The van der Waals surface area contributed by atoms with Crippen LogP contribution in [0, 0.1) is 12.8 Å². The molecule has 2 N–H and O–H groups in total. The Balaban J connectivity index is 1.99. The Bertz CT molecular complexity index is 409. The molecule has 5 heteroatoms. The van der Waals surface area contributed by atoms with Crippen molar-refractivity contribution in [3.05, 3.63) is 10.6 Å². The molecule has 1 heterocycles. The molecule has 0 spiro atoms. The van der Waals surface area contributed by atoms with Crippen molar-refractivity contribution in [2.75, 3.05) is 5.32 Å². The van der Waals surface area contributed by atoms with Gasteiger partial charge in [-0.15, -0.1) is 0 Å². The summed E-state index contributed by atoms with van der Waals surface area (Å²) in [6.45, 7) is 4.03. The van der Waals surface area contributed by atoms with Gasteiger partial charge >= 0.3 is 5.97 Å². The van der Waals surface area contributed by atoms with Crippen molar-refractivity contribution in [2.24, 2.45) is 5.92 Å². The van der Waals surface area contributed by atoms with Gasteiger partial charge in [-0.3, -0.25) is 0 Å². The van der Waals surface area contributed by atoms with Crippen LogP contribution in [0.15, 0.2) is 0 Å². The third-order valence-corrected chi connectivity index (χ3v) is 4.41. The number of carbonyl (C=O) groups is 1. The number of rotatable bonds is 3. The number of carboxylic acids is 1. The summed E-state index contributed by atoms with van der Waals surface area (Å²) in [5.41, 5.74) is 0.606. The van der Waals surface area contributed by atoms with Crippen molar-refractivity contribution in [1.82, 2.24) is 4.98 Å². The van der Waals surface area contributed by atoms with Gasteiger partial charge in [0.15, 0.2) is 5.13 Å². The summed E-state index contributed by atoms with van der Waals surface area (Å²) in [6, 6.07) is 0.457. The number of nitrogens with zero attached hydrogens (tertiary/aromatic N) is 1. The Kier molecular flexibility index (Phi) is 3.66. The Hall–Kier alpha value is -1.10. The molecule has 0 bridgehead atoms. The lowest BCUT2D eigenvalue weighted by Crippen LogP contribution is -2.25. The van der Waals surface area contributed by atoms with Crippen LogP contribution in [0.5, 0.6) is 0 Å². The Labute approximate surface area is 105 Å². The van der Waals surface area contributed by atoms with Crippen molar-refractivity contribution < 1.29 is 9.90 Å². The van der Waals surface area contributed by atoms with Gasteiger partial charge in [0, 0.05) is 6.04 Å². The zero-order valence-corrected chi connectivity index (χ0v) is 11.0. The van der Waals surface area contributed by atoms with Crippen LogP contribution in [0.25, 0.3) is 0 Å². The van der Waals surface area contributed by atoms with Gasteiger partial charge in [0.05, 0.1) is 5.69 Å². The van der Waals surface area contributed by atoms with Gasteiger partial charge in [0.1, 0.15) is 4.88 Å². The first kappa shape index (κ1) is 12.4. The SMILES string of the molecule is Cc1nc(NC2CCC(C)CC2)sc1C(=O)O.